The van der Waals surface area contributed by atoms with Gasteiger partial charge >= 0.3 is 5.97 Å². The Morgan fingerprint density at radius 3 is 2.46 bits per heavy atom. The van der Waals surface area contributed by atoms with Gasteiger partial charge in [0.15, 0.2) is 11.5 Å². The number of anilines is 1. The third kappa shape index (κ3) is 3.97. The van der Waals surface area contributed by atoms with Crippen molar-refractivity contribution in [2.45, 2.75) is 19.8 Å². The second-order valence-electron chi connectivity index (χ2n) is 5.79. The van der Waals surface area contributed by atoms with Crippen LogP contribution >= 0.6 is 0 Å². The van der Waals surface area contributed by atoms with Gasteiger partial charge in [-0.25, -0.2) is 4.79 Å². The summed E-state index contributed by atoms with van der Waals surface area (Å²) in [6.45, 7) is 3.19. The number of carboxylic acids is 1. The zero-order valence-electron chi connectivity index (χ0n) is 14.1. The molecule has 1 saturated heterocycles. The summed E-state index contributed by atoms with van der Waals surface area (Å²) in [6, 6.07) is 2.73. The predicted molar refractivity (Wildman–Crippen MR) is 87.8 cm³/mol. The van der Waals surface area contributed by atoms with Crippen molar-refractivity contribution in [1.82, 2.24) is 0 Å². The minimum atomic E-state index is -1.11. The maximum Gasteiger partial charge on any atom is 0.335 e. The average Bonchev–Trinajstić information content (AvgIpc) is 2.60. The number of benzene rings is 1. The van der Waals surface area contributed by atoms with E-state index in [1.54, 1.807) is 0 Å². The van der Waals surface area contributed by atoms with Gasteiger partial charge in [-0.3, -0.25) is 4.79 Å². The van der Waals surface area contributed by atoms with Gasteiger partial charge in [-0.1, -0.05) is 6.92 Å². The minimum absolute atomic E-state index is 0.0154. The molecule has 24 heavy (non-hydrogen) atoms. The molecule has 1 aliphatic rings. The molecule has 2 rings (SSSR count). The van der Waals surface area contributed by atoms with Crippen LogP contribution in [0.15, 0.2) is 12.1 Å². The first kappa shape index (κ1) is 18.1. The van der Waals surface area contributed by atoms with Crippen LogP contribution in [0.3, 0.4) is 0 Å². The molecule has 0 spiro atoms. The molecule has 1 unspecified atom stereocenters. The second-order valence-corrected chi connectivity index (χ2v) is 5.79. The highest BCUT2D eigenvalue weighted by molar-refractivity contribution is 5.97. The Bertz CT molecular complexity index is 609. The summed E-state index contributed by atoms with van der Waals surface area (Å²) >= 11 is 0. The smallest absolute Gasteiger partial charge is 0.335 e. The summed E-state index contributed by atoms with van der Waals surface area (Å²) in [6.07, 6.45) is 1.68. The lowest BCUT2D eigenvalue weighted by molar-refractivity contribution is -0.122. The fraction of sp³-hybridized carbons (Fsp3) is 0.529. The van der Waals surface area contributed by atoms with Crippen LogP contribution in [0.5, 0.6) is 11.5 Å². The Balaban J connectivity index is 2.24. The van der Waals surface area contributed by atoms with Crippen LogP contribution in [0, 0.1) is 11.8 Å². The number of carbonyl (C=O) groups excluding carboxylic acids is 1. The number of methoxy groups -OCH3 is 2. The van der Waals surface area contributed by atoms with Gasteiger partial charge in [0.1, 0.15) is 0 Å². The third-order valence-electron chi connectivity index (χ3n) is 4.37. The van der Waals surface area contributed by atoms with E-state index in [1.807, 2.05) is 6.92 Å². The number of rotatable bonds is 6. The van der Waals surface area contributed by atoms with E-state index in [0.717, 1.165) is 12.8 Å². The van der Waals surface area contributed by atoms with Crippen LogP contribution in [0.25, 0.3) is 0 Å². The van der Waals surface area contributed by atoms with Crippen molar-refractivity contribution < 1.29 is 28.9 Å². The molecule has 1 heterocycles. The van der Waals surface area contributed by atoms with Crippen LogP contribution in [0.4, 0.5) is 5.69 Å². The van der Waals surface area contributed by atoms with Crippen molar-refractivity contribution in [2.75, 3.05) is 32.8 Å². The van der Waals surface area contributed by atoms with Crippen molar-refractivity contribution in [3.63, 3.8) is 0 Å². The van der Waals surface area contributed by atoms with Gasteiger partial charge in [-0.15, -0.1) is 0 Å². The van der Waals surface area contributed by atoms with Crippen molar-refractivity contribution in [1.29, 1.82) is 0 Å². The number of aromatic carboxylic acids is 1. The first-order chi connectivity index (χ1) is 11.5. The molecule has 2 N–H and O–H groups in total. The number of ether oxygens (including phenoxy) is 3. The maximum absolute atomic E-state index is 12.6. The molecule has 0 aliphatic carbocycles. The molecule has 0 bridgehead atoms. The maximum atomic E-state index is 12.6. The van der Waals surface area contributed by atoms with Gasteiger partial charge in [0.2, 0.25) is 5.91 Å². The van der Waals surface area contributed by atoms with Gasteiger partial charge in [0.05, 0.1) is 25.5 Å². The molecule has 7 heteroatoms. The Morgan fingerprint density at radius 1 is 1.25 bits per heavy atom. The fourth-order valence-electron chi connectivity index (χ4n) is 2.86. The van der Waals surface area contributed by atoms with Gasteiger partial charge in [0, 0.05) is 19.1 Å². The lowest BCUT2D eigenvalue weighted by Crippen LogP contribution is -2.31. The molecule has 0 aromatic heterocycles. The van der Waals surface area contributed by atoms with E-state index in [-0.39, 0.29) is 34.7 Å². The summed E-state index contributed by atoms with van der Waals surface area (Å²) < 4.78 is 15.8. The Labute approximate surface area is 140 Å². The predicted octanol–water partition coefficient (Wildman–Crippen LogP) is 2.40. The molecule has 1 atom stereocenters. The number of carbonyl (C=O) groups is 2. The van der Waals surface area contributed by atoms with Crippen LogP contribution in [-0.4, -0.2) is 44.4 Å². The molecule has 1 aromatic carbocycles. The molecule has 1 amide bonds. The van der Waals surface area contributed by atoms with E-state index in [1.165, 1.54) is 26.4 Å². The number of amides is 1. The second kappa shape index (κ2) is 8.01. The first-order valence-electron chi connectivity index (χ1n) is 7.85. The lowest BCUT2D eigenvalue weighted by Gasteiger charge is -2.27. The summed E-state index contributed by atoms with van der Waals surface area (Å²) in [5.74, 6) is -0.692. The minimum Gasteiger partial charge on any atom is -0.493 e. The van der Waals surface area contributed by atoms with Gasteiger partial charge in [-0.05, 0) is 30.9 Å². The summed E-state index contributed by atoms with van der Waals surface area (Å²) in [5, 5.41) is 12.0. The molecule has 1 fully saturated rings. The quantitative estimate of drug-likeness (QED) is 0.828. The van der Waals surface area contributed by atoms with Crippen LogP contribution in [-0.2, 0) is 9.53 Å². The first-order valence-corrected chi connectivity index (χ1v) is 7.85. The normalized spacial score (nSPS) is 16.3. The molecule has 0 saturated carbocycles. The average molecular weight is 337 g/mol. The Morgan fingerprint density at radius 2 is 1.92 bits per heavy atom. The van der Waals surface area contributed by atoms with Crippen molar-refractivity contribution >= 4 is 17.6 Å². The largest absolute Gasteiger partial charge is 0.493 e. The summed E-state index contributed by atoms with van der Waals surface area (Å²) in [7, 11) is 2.86. The summed E-state index contributed by atoms with van der Waals surface area (Å²) in [5.41, 5.74) is 0.305. The SMILES string of the molecule is COc1cc(C(=O)O)cc(NC(=O)C(C)C2CCOCC2)c1OC. The van der Waals surface area contributed by atoms with Crippen LogP contribution in [0.2, 0.25) is 0 Å². The van der Waals surface area contributed by atoms with E-state index in [2.05, 4.69) is 5.32 Å². The summed E-state index contributed by atoms with van der Waals surface area (Å²) in [4.78, 5) is 23.8. The fourth-order valence-corrected chi connectivity index (χ4v) is 2.86. The van der Waals surface area contributed by atoms with Crippen molar-refractivity contribution in [3.8, 4) is 11.5 Å². The topological polar surface area (TPSA) is 94.1 Å². The van der Waals surface area contributed by atoms with E-state index in [4.69, 9.17) is 14.2 Å². The van der Waals surface area contributed by atoms with Crippen LogP contribution < -0.4 is 14.8 Å². The Kier molecular flexibility index (Phi) is 6.03. The Hall–Kier alpha value is -2.28. The highest BCUT2D eigenvalue weighted by atomic mass is 16.5. The van der Waals surface area contributed by atoms with E-state index in [0.29, 0.717) is 19.0 Å². The van der Waals surface area contributed by atoms with E-state index < -0.39 is 5.97 Å². The lowest BCUT2D eigenvalue weighted by atomic mass is 9.86. The van der Waals surface area contributed by atoms with E-state index >= 15 is 0 Å². The van der Waals surface area contributed by atoms with Crippen molar-refractivity contribution in [2.24, 2.45) is 11.8 Å². The highest BCUT2D eigenvalue weighted by Gasteiger charge is 2.27. The monoisotopic (exact) mass is 337 g/mol. The van der Waals surface area contributed by atoms with Crippen LogP contribution in [0.1, 0.15) is 30.1 Å². The van der Waals surface area contributed by atoms with Gasteiger partial charge < -0.3 is 24.6 Å². The highest BCUT2D eigenvalue weighted by Crippen LogP contribution is 2.37. The van der Waals surface area contributed by atoms with E-state index in [9.17, 15) is 14.7 Å². The zero-order chi connectivity index (χ0) is 17.7. The molecule has 132 valence electrons. The number of carboxylic acid groups (broad SMARTS) is 1. The van der Waals surface area contributed by atoms with Gasteiger partial charge in [-0.2, -0.15) is 0 Å². The number of hydrogen-bond acceptors (Lipinski definition) is 5. The number of nitrogens with one attached hydrogen (secondary N) is 1. The van der Waals surface area contributed by atoms with Gasteiger partial charge in [0.25, 0.3) is 0 Å². The molecule has 1 aliphatic heterocycles. The standard InChI is InChI=1S/C17H23NO6/c1-10(11-4-6-24-7-5-11)16(19)18-13-8-12(17(20)21)9-14(22-2)15(13)23-3/h8-11H,4-7H2,1-3H3,(H,18,19)(H,20,21). The zero-order valence-corrected chi connectivity index (χ0v) is 14.1. The number of hydrogen-bond donors (Lipinski definition) is 2. The molecular weight excluding hydrogens is 314 g/mol. The third-order valence-corrected chi connectivity index (χ3v) is 4.37. The molecule has 0 radical (unpaired) electrons. The molecule has 1 aromatic rings. The van der Waals surface area contributed by atoms with Crippen molar-refractivity contribution in [3.05, 3.63) is 17.7 Å². The molecule has 7 nitrogen and oxygen atoms in total. The molecular formula is C17H23NO6.